The first kappa shape index (κ1) is 13.0. The standard InChI is InChI=1S/C13H28N2/c1-7-13(5,6)15-10-8-14(9-11-15)12(2,3)4/h7-11H2,1-6H3. The monoisotopic (exact) mass is 212 g/mol. The average molecular weight is 212 g/mol. The van der Waals surface area contributed by atoms with E-state index >= 15 is 0 Å². The van der Waals surface area contributed by atoms with Crippen LogP contribution in [0, 0.1) is 0 Å². The fourth-order valence-corrected chi connectivity index (χ4v) is 2.21. The molecule has 0 N–H and O–H groups in total. The van der Waals surface area contributed by atoms with Crippen LogP contribution in [0.5, 0.6) is 0 Å². The van der Waals surface area contributed by atoms with Gasteiger partial charge in [0.25, 0.3) is 0 Å². The first-order chi connectivity index (χ1) is 6.77. The Hall–Kier alpha value is -0.0800. The normalized spacial score (nSPS) is 22.0. The molecule has 1 fully saturated rings. The van der Waals surface area contributed by atoms with E-state index in [4.69, 9.17) is 0 Å². The van der Waals surface area contributed by atoms with Crippen molar-refractivity contribution in [1.29, 1.82) is 0 Å². The second-order valence-electron chi connectivity index (χ2n) is 6.31. The molecule has 0 aromatic carbocycles. The minimum absolute atomic E-state index is 0.336. The molecule has 0 saturated carbocycles. The van der Waals surface area contributed by atoms with Gasteiger partial charge in [-0.05, 0) is 41.0 Å². The fourth-order valence-electron chi connectivity index (χ4n) is 2.21. The third-order valence-electron chi connectivity index (χ3n) is 3.95. The van der Waals surface area contributed by atoms with Crippen LogP contribution >= 0.6 is 0 Å². The largest absolute Gasteiger partial charge is 0.296 e. The quantitative estimate of drug-likeness (QED) is 0.694. The first-order valence-electron chi connectivity index (χ1n) is 6.27. The van der Waals surface area contributed by atoms with Gasteiger partial charge in [-0.2, -0.15) is 0 Å². The molecule has 1 rings (SSSR count). The van der Waals surface area contributed by atoms with Gasteiger partial charge in [-0.1, -0.05) is 6.92 Å². The Morgan fingerprint density at radius 3 is 1.53 bits per heavy atom. The summed E-state index contributed by atoms with van der Waals surface area (Å²) in [5.41, 5.74) is 0.715. The topological polar surface area (TPSA) is 6.48 Å². The molecule has 0 atom stereocenters. The molecule has 0 spiro atoms. The summed E-state index contributed by atoms with van der Waals surface area (Å²) in [6.45, 7) is 18.8. The van der Waals surface area contributed by atoms with E-state index in [1.165, 1.54) is 32.6 Å². The molecule has 1 heterocycles. The zero-order valence-electron chi connectivity index (χ0n) is 11.4. The number of nitrogens with zero attached hydrogens (tertiary/aromatic N) is 2. The lowest BCUT2D eigenvalue weighted by Gasteiger charge is -2.47. The van der Waals surface area contributed by atoms with Crippen molar-refractivity contribution in [1.82, 2.24) is 9.80 Å². The van der Waals surface area contributed by atoms with Gasteiger partial charge < -0.3 is 0 Å². The van der Waals surface area contributed by atoms with E-state index in [1.807, 2.05) is 0 Å². The molecular weight excluding hydrogens is 184 g/mol. The van der Waals surface area contributed by atoms with Crippen LogP contribution in [0.3, 0.4) is 0 Å². The minimum Gasteiger partial charge on any atom is -0.296 e. The summed E-state index contributed by atoms with van der Waals surface area (Å²) < 4.78 is 0. The summed E-state index contributed by atoms with van der Waals surface area (Å²) in [4.78, 5) is 5.23. The summed E-state index contributed by atoms with van der Waals surface area (Å²) in [5, 5.41) is 0. The summed E-state index contributed by atoms with van der Waals surface area (Å²) in [6, 6.07) is 0. The Labute approximate surface area is 95.6 Å². The van der Waals surface area contributed by atoms with Crippen molar-refractivity contribution in [3.8, 4) is 0 Å². The van der Waals surface area contributed by atoms with Gasteiger partial charge in [0.05, 0.1) is 0 Å². The van der Waals surface area contributed by atoms with Crippen LogP contribution < -0.4 is 0 Å². The highest BCUT2D eigenvalue weighted by molar-refractivity contribution is 4.88. The van der Waals surface area contributed by atoms with Crippen molar-refractivity contribution in [2.24, 2.45) is 0 Å². The van der Waals surface area contributed by atoms with Gasteiger partial charge in [-0.25, -0.2) is 0 Å². The number of piperazine rings is 1. The maximum Gasteiger partial charge on any atom is 0.0151 e. The van der Waals surface area contributed by atoms with Crippen LogP contribution in [-0.2, 0) is 0 Å². The number of rotatable bonds is 2. The molecule has 1 saturated heterocycles. The summed E-state index contributed by atoms with van der Waals surface area (Å²) in [6.07, 6.45) is 1.24. The van der Waals surface area contributed by atoms with Crippen LogP contribution in [0.1, 0.15) is 48.0 Å². The molecule has 90 valence electrons. The van der Waals surface area contributed by atoms with E-state index in [0.717, 1.165) is 0 Å². The molecular formula is C13H28N2. The van der Waals surface area contributed by atoms with Crippen LogP contribution in [0.25, 0.3) is 0 Å². The molecule has 0 aromatic heterocycles. The zero-order chi connectivity index (χ0) is 11.7. The Kier molecular flexibility index (Phi) is 3.83. The average Bonchev–Trinajstić information content (AvgIpc) is 2.17. The summed E-state index contributed by atoms with van der Waals surface area (Å²) >= 11 is 0. The maximum absolute atomic E-state index is 2.63. The van der Waals surface area contributed by atoms with Gasteiger partial charge in [0, 0.05) is 37.3 Å². The van der Waals surface area contributed by atoms with Gasteiger partial charge in [0.1, 0.15) is 0 Å². The van der Waals surface area contributed by atoms with Crippen molar-refractivity contribution < 1.29 is 0 Å². The van der Waals surface area contributed by atoms with Crippen LogP contribution in [0.4, 0.5) is 0 Å². The molecule has 2 nitrogen and oxygen atoms in total. The van der Waals surface area contributed by atoms with Crippen molar-refractivity contribution in [2.45, 2.75) is 59.0 Å². The lowest BCUT2D eigenvalue weighted by atomic mass is 9.97. The second-order valence-corrected chi connectivity index (χ2v) is 6.31. The Balaban J connectivity index is 2.50. The first-order valence-corrected chi connectivity index (χ1v) is 6.27. The van der Waals surface area contributed by atoms with Gasteiger partial charge in [0.2, 0.25) is 0 Å². The van der Waals surface area contributed by atoms with Crippen molar-refractivity contribution in [3.05, 3.63) is 0 Å². The van der Waals surface area contributed by atoms with E-state index < -0.39 is 0 Å². The molecule has 0 aliphatic carbocycles. The highest BCUT2D eigenvalue weighted by Crippen LogP contribution is 2.23. The Morgan fingerprint density at radius 2 is 1.20 bits per heavy atom. The smallest absolute Gasteiger partial charge is 0.0151 e. The van der Waals surface area contributed by atoms with E-state index in [-0.39, 0.29) is 0 Å². The number of hydrogen-bond acceptors (Lipinski definition) is 2. The van der Waals surface area contributed by atoms with E-state index in [0.29, 0.717) is 11.1 Å². The van der Waals surface area contributed by atoms with Crippen LogP contribution in [-0.4, -0.2) is 47.1 Å². The van der Waals surface area contributed by atoms with E-state index in [1.54, 1.807) is 0 Å². The van der Waals surface area contributed by atoms with Gasteiger partial charge >= 0.3 is 0 Å². The molecule has 0 amide bonds. The Bertz CT molecular complexity index is 195. The molecule has 0 bridgehead atoms. The van der Waals surface area contributed by atoms with Crippen molar-refractivity contribution in [3.63, 3.8) is 0 Å². The van der Waals surface area contributed by atoms with Gasteiger partial charge in [-0.3, -0.25) is 9.80 Å². The lowest BCUT2D eigenvalue weighted by molar-refractivity contribution is 0.0132. The molecule has 2 heteroatoms. The Morgan fingerprint density at radius 1 is 0.800 bits per heavy atom. The fraction of sp³-hybridized carbons (Fsp3) is 1.00. The summed E-state index contributed by atoms with van der Waals surface area (Å²) in [7, 11) is 0. The summed E-state index contributed by atoms with van der Waals surface area (Å²) in [5.74, 6) is 0. The van der Waals surface area contributed by atoms with E-state index in [9.17, 15) is 0 Å². The van der Waals surface area contributed by atoms with E-state index in [2.05, 4.69) is 51.3 Å². The van der Waals surface area contributed by atoms with Crippen molar-refractivity contribution >= 4 is 0 Å². The van der Waals surface area contributed by atoms with Crippen LogP contribution in [0.2, 0.25) is 0 Å². The molecule has 0 radical (unpaired) electrons. The number of hydrogen-bond donors (Lipinski definition) is 0. The molecule has 0 unspecified atom stereocenters. The third-order valence-corrected chi connectivity index (χ3v) is 3.95. The van der Waals surface area contributed by atoms with Gasteiger partial charge in [0.15, 0.2) is 0 Å². The molecule has 15 heavy (non-hydrogen) atoms. The highest BCUT2D eigenvalue weighted by Gasteiger charge is 2.31. The van der Waals surface area contributed by atoms with Crippen molar-refractivity contribution in [2.75, 3.05) is 26.2 Å². The SMILES string of the molecule is CCC(C)(C)N1CCN(C(C)(C)C)CC1. The molecule has 0 aromatic rings. The minimum atomic E-state index is 0.336. The lowest BCUT2D eigenvalue weighted by Crippen LogP contribution is -2.58. The predicted molar refractivity (Wildman–Crippen MR) is 67.3 cm³/mol. The third kappa shape index (κ3) is 3.18. The zero-order valence-corrected chi connectivity index (χ0v) is 11.4. The highest BCUT2D eigenvalue weighted by atomic mass is 15.3. The molecule has 1 aliphatic rings. The van der Waals surface area contributed by atoms with Crippen LogP contribution in [0.15, 0.2) is 0 Å². The van der Waals surface area contributed by atoms with Gasteiger partial charge in [-0.15, -0.1) is 0 Å². The maximum atomic E-state index is 2.63. The molecule has 1 aliphatic heterocycles. The second kappa shape index (κ2) is 4.42. The predicted octanol–water partition coefficient (Wildman–Crippen LogP) is 2.59.